The lowest BCUT2D eigenvalue weighted by molar-refractivity contribution is -0.130. The van der Waals surface area contributed by atoms with Crippen LogP contribution in [0.2, 0.25) is 5.02 Å². The molecule has 0 saturated heterocycles. The van der Waals surface area contributed by atoms with Crippen molar-refractivity contribution in [3.63, 3.8) is 0 Å². The number of rotatable bonds is 5. The molecule has 148 valence electrons. The van der Waals surface area contributed by atoms with E-state index in [1.165, 1.54) is 24.1 Å². The Morgan fingerprint density at radius 1 is 1.32 bits per heavy atom. The van der Waals surface area contributed by atoms with Gasteiger partial charge in [0.15, 0.2) is 0 Å². The average molecular weight is 424 g/mol. The van der Waals surface area contributed by atoms with Crippen LogP contribution < -0.4 is 4.72 Å². The van der Waals surface area contributed by atoms with Crippen molar-refractivity contribution >= 4 is 38.9 Å². The number of nitrogens with one attached hydrogen (secondary N) is 1. The van der Waals surface area contributed by atoms with Crippen LogP contribution in [0.15, 0.2) is 47.6 Å². The standard InChI is InChI=1S/C19H19ClFN3O3S/c1-3-28(26,27)23-15-6-4-5-13(9-15)18-11-19(24(22-18)12(2)25)14-7-8-17(21)16(20)10-14/h4-10,19,23H,3,11H2,1-2H3. The molecule has 3 rings (SSSR count). The summed E-state index contributed by atoms with van der Waals surface area (Å²) < 4.78 is 39.6. The maximum atomic E-state index is 13.5. The zero-order valence-electron chi connectivity index (χ0n) is 15.3. The van der Waals surface area contributed by atoms with E-state index in [9.17, 15) is 17.6 Å². The summed E-state index contributed by atoms with van der Waals surface area (Å²) in [7, 11) is -3.40. The molecule has 2 aromatic carbocycles. The van der Waals surface area contributed by atoms with E-state index in [0.29, 0.717) is 28.9 Å². The zero-order valence-corrected chi connectivity index (χ0v) is 16.9. The quantitative estimate of drug-likeness (QED) is 0.791. The van der Waals surface area contributed by atoms with Gasteiger partial charge in [0.1, 0.15) is 5.82 Å². The average Bonchev–Trinajstić information content (AvgIpc) is 3.10. The molecule has 1 aliphatic heterocycles. The van der Waals surface area contributed by atoms with Gasteiger partial charge in [-0.1, -0.05) is 29.8 Å². The van der Waals surface area contributed by atoms with Crippen molar-refractivity contribution < 1.29 is 17.6 Å². The fourth-order valence-corrected chi connectivity index (χ4v) is 3.79. The Morgan fingerprint density at radius 3 is 2.71 bits per heavy atom. The number of carbonyl (C=O) groups is 1. The van der Waals surface area contributed by atoms with E-state index in [2.05, 4.69) is 9.82 Å². The third-order valence-corrected chi connectivity index (χ3v) is 6.01. The summed E-state index contributed by atoms with van der Waals surface area (Å²) in [4.78, 5) is 12.1. The summed E-state index contributed by atoms with van der Waals surface area (Å²) in [6.45, 7) is 2.95. The van der Waals surface area contributed by atoms with Gasteiger partial charge in [-0.3, -0.25) is 9.52 Å². The molecule has 1 heterocycles. The number of hydrogen-bond donors (Lipinski definition) is 1. The van der Waals surface area contributed by atoms with Gasteiger partial charge in [-0.05, 0) is 42.3 Å². The molecule has 6 nitrogen and oxygen atoms in total. The molecule has 0 bridgehead atoms. The Morgan fingerprint density at radius 2 is 2.07 bits per heavy atom. The van der Waals surface area contributed by atoms with Crippen molar-refractivity contribution in [1.82, 2.24) is 5.01 Å². The van der Waals surface area contributed by atoms with Gasteiger partial charge in [0.25, 0.3) is 0 Å². The van der Waals surface area contributed by atoms with E-state index in [1.807, 2.05) is 0 Å². The molecule has 1 amide bonds. The van der Waals surface area contributed by atoms with Crippen LogP contribution in [-0.2, 0) is 14.8 Å². The molecule has 0 spiro atoms. The normalized spacial score (nSPS) is 16.8. The van der Waals surface area contributed by atoms with E-state index in [1.54, 1.807) is 37.3 Å². The van der Waals surface area contributed by atoms with E-state index >= 15 is 0 Å². The highest BCUT2D eigenvalue weighted by Gasteiger charge is 2.31. The number of benzene rings is 2. The molecule has 1 unspecified atom stereocenters. The van der Waals surface area contributed by atoms with Crippen LogP contribution in [0.5, 0.6) is 0 Å². The van der Waals surface area contributed by atoms with Crippen LogP contribution in [0.1, 0.15) is 37.4 Å². The summed E-state index contributed by atoms with van der Waals surface area (Å²) in [5.74, 6) is -0.831. The van der Waals surface area contributed by atoms with Crippen molar-refractivity contribution in [3.05, 3.63) is 64.4 Å². The van der Waals surface area contributed by atoms with Gasteiger partial charge >= 0.3 is 0 Å². The molecule has 1 N–H and O–H groups in total. The van der Waals surface area contributed by atoms with Gasteiger partial charge < -0.3 is 0 Å². The van der Waals surface area contributed by atoms with Gasteiger partial charge in [-0.15, -0.1) is 0 Å². The number of carbonyl (C=O) groups excluding carboxylic acids is 1. The minimum absolute atomic E-state index is 0.0228. The molecule has 0 saturated carbocycles. The highest BCUT2D eigenvalue weighted by molar-refractivity contribution is 7.92. The smallest absolute Gasteiger partial charge is 0.240 e. The third-order valence-electron chi connectivity index (χ3n) is 4.41. The minimum atomic E-state index is -3.40. The van der Waals surface area contributed by atoms with Crippen molar-refractivity contribution in [1.29, 1.82) is 0 Å². The molecule has 1 aliphatic rings. The van der Waals surface area contributed by atoms with Gasteiger partial charge in [0.2, 0.25) is 15.9 Å². The third kappa shape index (κ3) is 4.34. The Bertz CT molecular complexity index is 1060. The summed E-state index contributed by atoms with van der Waals surface area (Å²) >= 11 is 5.89. The summed E-state index contributed by atoms with van der Waals surface area (Å²) in [5, 5.41) is 5.72. The van der Waals surface area contributed by atoms with E-state index in [0.717, 1.165) is 0 Å². The molecule has 1 atom stereocenters. The van der Waals surface area contributed by atoms with Crippen molar-refractivity contribution in [2.75, 3.05) is 10.5 Å². The first kappa shape index (κ1) is 20.3. The molecule has 28 heavy (non-hydrogen) atoms. The number of sulfonamides is 1. The largest absolute Gasteiger partial charge is 0.284 e. The molecule has 0 aliphatic carbocycles. The van der Waals surface area contributed by atoms with Crippen LogP contribution in [0.3, 0.4) is 0 Å². The predicted molar refractivity (Wildman–Crippen MR) is 107 cm³/mol. The molecular formula is C19H19ClFN3O3S. The Balaban J connectivity index is 1.92. The molecule has 9 heteroatoms. The van der Waals surface area contributed by atoms with Crippen LogP contribution >= 0.6 is 11.6 Å². The van der Waals surface area contributed by atoms with Gasteiger partial charge in [-0.2, -0.15) is 5.10 Å². The number of halogens is 2. The number of nitrogens with zero attached hydrogens (tertiary/aromatic N) is 2. The fraction of sp³-hybridized carbons (Fsp3) is 0.263. The first-order valence-corrected chi connectivity index (χ1v) is 10.7. The highest BCUT2D eigenvalue weighted by atomic mass is 35.5. The number of hydrazone groups is 1. The first-order chi connectivity index (χ1) is 13.2. The monoisotopic (exact) mass is 423 g/mol. The second kappa shape index (κ2) is 7.89. The number of amides is 1. The van der Waals surface area contributed by atoms with Crippen LogP contribution in [0.4, 0.5) is 10.1 Å². The van der Waals surface area contributed by atoms with Crippen molar-refractivity contribution in [3.8, 4) is 0 Å². The Labute approximate surface area is 168 Å². The lowest BCUT2D eigenvalue weighted by atomic mass is 9.98. The van der Waals surface area contributed by atoms with Gasteiger partial charge in [0.05, 0.1) is 22.5 Å². The molecule has 0 radical (unpaired) electrons. The number of anilines is 1. The zero-order chi connectivity index (χ0) is 20.5. The predicted octanol–water partition coefficient (Wildman–Crippen LogP) is 3.94. The maximum absolute atomic E-state index is 13.5. The Kier molecular flexibility index (Phi) is 5.71. The maximum Gasteiger partial charge on any atom is 0.240 e. The lowest BCUT2D eigenvalue weighted by Crippen LogP contribution is -2.24. The van der Waals surface area contributed by atoms with Crippen molar-refractivity contribution in [2.24, 2.45) is 5.10 Å². The molecule has 2 aromatic rings. The number of hydrogen-bond acceptors (Lipinski definition) is 4. The van der Waals surface area contributed by atoms with E-state index < -0.39 is 21.9 Å². The second-order valence-corrected chi connectivity index (χ2v) is 8.81. The summed E-state index contributed by atoms with van der Waals surface area (Å²) in [6.07, 6.45) is 0.394. The van der Waals surface area contributed by atoms with E-state index in [4.69, 9.17) is 11.6 Å². The topological polar surface area (TPSA) is 78.8 Å². The van der Waals surface area contributed by atoms with Crippen LogP contribution in [0.25, 0.3) is 0 Å². The Hall–Kier alpha value is -2.45. The fourth-order valence-electron chi connectivity index (χ4n) is 2.97. The second-order valence-electron chi connectivity index (χ2n) is 6.39. The highest BCUT2D eigenvalue weighted by Crippen LogP contribution is 2.34. The van der Waals surface area contributed by atoms with Crippen LogP contribution in [-0.4, -0.2) is 30.8 Å². The summed E-state index contributed by atoms with van der Waals surface area (Å²) in [6, 6.07) is 10.7. The molecule has 0 fully saturated rings. The van der Waals surface area contributed by atoms with Gasteiger partial charge in [-0.25, -0.2) is 17.8 Å². The minimum Gasteiger partial charge on any atom is -0.284 e. The van der Waals surface area contributed by atoms with Crippen LogP contribution in [0, 0.1) is 5.82 Å². The molecular weight excluding hydrogens is 405 g/mol. The lowest BCUT2D eigenvalue weighted by Gasteiger charge is -2.20. The van der Waals surface area contributed by atoms with E-state index in [-0.39, 0.29) is 16.7 Å². The first-order valence-electron chi connectivity index (χ1n) is 8.63. The van der Waals surface area contributed by atoms with Gasteiger partial charge in [0, 0.05) is 19.0 Å². The molecule has 0 aromatic heterocycles. The van der Waals surface area contributed by atoms with Crippen molar-refractivity contribution in [2.45, 2.75) is 26.3 Å². The summed E-state index contributed by atoms with van der Waals surface area (Å²) in [5.41, 5.74) is 2.41. The SMILES string of the molecule is CCS(=O)(=O)Nc1cccc(C2=NN(C(C)=O)C(c3ccc(F)c(Cl)c3)C2)c1.